The normalized spacial score (nSPS) is 22.4. The van der Waals surface area contributed by atoms with Crippen LogP contribution in [0.25, 0.3) is 0 Å². The van der Waals surface area contributed by atoms with Crippen LogP contribution in [0.1, 0.15) is 31.2 Å². The predicted molar refractivity (Wildman–Crippen MR) is 85.9 cm³/mol. The Kier molecular flexibility index (Phi) is 6.40. The molecular formula is C16H24N2OS. The van der Waals surface area contributed by atoms with Gasteiger partial charge in [0.05, 0.1) is 6.54 Å². The Labute approximate surface area is 125 Å². The van der Waals surface area contributed by atoms with E-state index in [2.05, 4.69) is 16.9 Å². The van der Waals surface area contributed by atoms with E-state index >= 15 is 0 Å². The molecule has 1 aromatic rings. The van der Waals surface area contributed by atoms with Gasteiger partial charge in [0.2, 0.25) is 5.91 Å². The van der Waals surface area contributed by atoms with E-state index in [4.69, 9.17) is 0 Å². The van der Waals surface area contributed by atoms with Gasteiger partial charge in [-0.25, -0.2) is 0 Å². The highest BCUT2D eigenvalue weighted by Crippen LogP contribution is 2.26. The maximum Gasteiger partial charge on any atom is 0.234 e. The van der Waals surface area contributed by atoms with Crippen LogP contribution in [0.15, 0.2) is 30.3 Å². The summed E-state index contributed by atoms with van der Waals surface area (Å²) in [5.41, 5.74) is 1.14. The molecule has 1 aliphatic rings. The lowest BCUT2D eigenvalue weighted by Crippen LogP contribution is -2.41. The smallest absolute Gasteiger partial charge is 0.234 e. The molecule has 3 nitrogen and oxygen atoms in total. The number of hydrogen-bond donors (Lipinski definition) is 2. The van der Waals surface area contributed by atoms with Crippen molar-refractivity contribution >= 4 is 17.7 Å². The molecule has 1 aromatic carbocycles. The summed E-state index contributed by atoms with van der Waals surface area (Å²) < 4.78 is 0. The largest absolute Gasteiger partial charge is 0.351 e. The Morgan fingerprint density at radius 2 is 2.10 bits per heavy atom. The SMILES string of the molecule is CSC1CCCC(NCC(=O)NCc2ccccc2)C1. The summed E-state index contributed by atoms with van der Waals surface area (Å²) in [4.78, 5) is 11.8. The Morgan fingerprint density at radius 3 is 2.85 bits per heavy atom. The molecule has 0 aliphatic heterocycles. The number of amides is 1. The highest BCUT2D eigenvalue weighted by Gasteiger charge is 2.21. The summed E-state index contributed by atoms with van der Waals surface area (Å²) in [6.07, 6.45) is 7.16. The molecule has 0 heterocycles. The van der Waals surface area contributed by atoms with Crippen molar-refractivity contribution in [2.24, 2.45) is 0 Å². The van der Waals surface area contributed by atoms with Gasteiger partial charge in [0.25, 0.3) is 0 Å². The van der Waals surface area contributed by atoms with Gasteiger partial charge in [-0.05, 0) is 31.1 Å². The number of benzene rings is 1. The molecule has 1 amide bonds. The first-order valence-electron chi connectivity index (χ1n) is 7.34. The first kappa shape index (κ1) is 15.4. The second-order valence-corrected chi connectivity index (χ2v) is 6.50. The Balaban J connectivity index is 1.65. The number of nitrogens with one attached hydrogen (secondary N) is 2. The van der Waals surface area contributed by atoms with Crippen LogP contribution >= 0.6 is 11.8 Å². The van der Waals surface area contributed by atoms with Gasteiger partial charge >= 0.3 is 0 Å². The summed E-state index contributed by atoms with van der Waals surface area (Å²) in [6, 6.07) is 10.5. The lowest BCUT2D eigenvalue weighted by molar-refractivity contribution is -0.120. The Morgan fingerprint density at radius 1 is 1.30 bits per heavy atom. The highest BCUT2D eigenvalue weighted by atomic mass is 32.2. The molecule has 2 unspecified atom stereocenters. The Hall–Kier alpha value is -1.00. The third-order valence-corrected chi connectivity index (χ3v) is 4.94. The van der Waals surface area contributed by atoms with E-state index in [-0.39, 0.29) is 5.91 Å². The lowest BCUT2D eigenvalue weighted by Gasteiger charge is -2.28. The van der Waals surface area contributed by atoms with Crippen LogP contribution in [-0.2, 0) is 11.3 Å². The van der Waals surface area contributed by atoms with Gasteiger partial charge < -0.3 is 10.6 Å². The second kappa shape index (κ2) is 8.32. The van der Waals surface area contributed by atoms with Crippen molar-refractivity contribution in [3.8, 4) is 0 Å². The van der Waals surface area contributed by atoms with Gasteiger partial charge in [0.1, 0.15) is 0 Å². The fraction of sp³-hybridized carbons (Fsp3) is 0.562. The highest BCUT2D eigenvalue weighted by molar-refractivity contribution is 7.99. The van der Waals surface area contributed by atoms with Crippen LogP contribution in [0.4, 0.5) is 0 Å². The van der Waals surface area contributed by atoms with E-state index in [1.165, 1.54) is 25.7 Å². The quantitative estimate of drug-likeness (QED) is 0.846. The molecule has 4 heteroatoms. The third-order valence-electron chi connectivity index (χ3n) is 3.84. The molecule has 1 fully saturated rings. The number of rotatable bonds is 6. The molecule has 110 valence electrons. The van der Waals surface area contributed by atoms with Gasteiger partial charge in [-0.2, -0.15) is 11.8 Å². The zero-order valence-electron chi connectivity index (χ0n) is 12.1. The predicted octanol–water partition coefficient (Wildman–Crippen LogP) is 2.57. The number of thioether (sulfide) groups is 1. The summed E-state index contributed by atoms with van der Waals surface area (Å²) in [5.74, 6) is 0.0835. The van der Waals surface area contributed by atoms with Crippen LogP contribution in [0.5, 0.6) is 0 Å². The molecule has 0 aromatic heterocycles. The molecular weight excluding hydrogens is 268 g/mol. The minimum atomic E-state index is 0.0835. The maximum atomic E-state index is 11.8. The van der Waals surface area contributed by atoms with E-state index in [9.17, 15) is 4.79 Å². The van der Waals surface area contributed by atoms with Crippen LogP contribution in [0.3, 0.4) is 0 Å². The fourth-order valence-electron chi connectivity index (χ4n) is 2.64. The van der Waals surface area contributed by atoms with E-state index in [1.54, 1.807) is 0 Å². The van der Waals surface area contributed by atoms with Gasteiger partial charge in [0.15, 0.2) is 0 Å². The monoisotopic (exact) mass is 292 g/mol. The molecule has 2 N–H and O–H groups in total. The standard InChI is InChI=1S/C16H24N2OS/c1-20-15-9-5-8-14(10-15)17-12-16(19)18-11-13-6-3-2-4-7-13/h2-4,6-7,14-15,17H,5,8-12H2,1H3,(H,18,19). The molecule has 0 saturated heterocycles. The summed E-state index contributed by atoms with van der Waals surface area (Å²) >= 11 is 1.95. The molecule has 0 bridgehead atoms. The van der Waals surface area contributed by atoms with Crippen LogP contribution in [-0.4, -0.2) is 30.0 Å². The lowest BCUT2D eigenvalue weighted by atomic mass is 9.95. The molecule has 2 rings (SSSR count). The van der Waals surface area contributed by atoms with Gasteiger partial charge in [0, 0.05) is 17.8 Å². The molecule has 0 spiro atoms. The summed E-state index contributed by atoms with van der Waals surface area (Å²) in [6.45, 7) is 1.04. The van der Waals surface area contributed by atoms with Crippen molar-refractivity contribution in [2.45, 2.75) is 43.5 Å². The Bertz CT molecular complexity index is 410. The molecule has 1 aliphatic carbocycles. The molecule has 2 atom stereocenters. The van der Waals surface area contributed by atoms with Crippen LogP contribution < -0.4 is 10.6 Å². The van der Waals surface area contributed by atoms with Crippen molar-refractivity contribution < 1.29 is 4.79 Å². The van der Waals surface area contributed by atoms with E-state index < -0.39 is 0 Å². The van der Waals surface area contributed by atoms with Crippen molar-refractivity contribution in [3.05, 3.63) is 35.9 Å². The van der Waals surface area contributed by atoms with E-state index in [0.717, 1.165) is 10.8 Å². The van der Waals surface area contributed by atoms with Gasteiger partial charge in [-0.1, -0.05) is 36.8 Å². The van der Waals surface area contributed by atoms with Crippen molar-refractivity contribution in [1.29, 1.82) is 0 Å². The number of carbonyl (C=O) groups is 1. The van der Waals surface area contributed by atoms with Crippen molar-refractivity contribution in [3.63, 3.8) is 0 Å². The van der Waals surface area contributed by atoms with Gasteiger partial charge in [-0.3, -0.25) is 4.79 Å². The molecule has 0 radical (unpaired) electrons. The fourth-order valence-corrected chi connectivity index (χ4v) is 3.47. The first-order valence-corrected chi connectivity index (χ1v) is 8.63. The van der Waals surface area contributed by atoms with E-state index in [1.807, 2.05) is 42.1 Å². The summed E-state index contributed by atoms with van der Waals surface area (Å²) in [7, 11) is 0. The van der Waals surface area contributed by atoms with E-state index in [0.29, 0.717) is 19.1 Å². The molecule has 20 heavy (non-hydrogen) atoms. The minimum absolute atomic E-state index is 0.0835. The zero-order valence-corrected chi connectivity index (χ0v) is 12.9. The number of hydrogen-bond acceptors (Lipinski definition) is 3. The minimum Gasteiger partial charge on any atom is -0.351 e. The van der Waals surface area contributed by atoms with Crippen LogP contribution in [0, 0.1) is 0 Å². The topological polar surface area (TPSA) is 41.1 Å². The number of carbonyl (C=O) groups excluding carboxylic acids is 1. The zero-order chi connectivity index (χ0) is 14.2. The second-order valence-electron chi connectivity index (χ2n) is 5.36. The summed E-state index contributed by atoms with van der Waals surface area (Å²) in [5, 5.41) is 7.11. The third kappa shape index (κ3) is 5.17. The average Bonchev–Trinajstić information content (AvgIpc) is 2.52. The van der Waals surface area contributed by atoms with Crippen molar-refractivity contribution in [2.75, 3.05) is 12.8 Å². The van der Waals surface area contributed by atoms with Crippen LogP contribution in [0.2, 0.25) is 0 Å². The molecule has 1 saturated carbocycles. The maximum absolute atomic E-state index is 11.8. The van der Waals surface area contributed by atoms with Gasteiger partial charge in [-0.15, -0.1) is 0 Å². The van der Waals surface area contributed by atoms with Crippen molar-refractivity contribution in [1.82, 2.24) is 10.6 Å². The average molecular weight is 292 g/mol. The first-order chi connectivity index (χ1) is 9.78.